The van der Waals surface area contributed by atoms with Crippen molar-refractivity contribution >= 4 is 5.69 Å². The summed E-state index contributed by atoms with van der Waals surface area (Å²) in [5.41, 5.74) is 5.29. The number of hydrogen-bond acceptors (Lipinski definition) is 4. The van der Waals surface area contributed by atoms with Crippen LogP contribution in [0, 0.1) is 5.41 Å². The molecule has 106 valence electrons. The highest BCUT2D eigenvalue weighted by atomic mass is 15.2. The van der Waals surface area contributed by atoms with E-state index in [1.54, 1.807) is 0 Å². The van der Waals surface area contributed by atoms with Gasteiger partial charge in [0.2, 0.25) is 0 Å². The summed E-state index contributed by atoms with van der Waals surface area (Å²) in [6.45, 7) is 7.96. The van der Waals surface area contributed by atoms with Gasteiger partial charge in [0.15, 0.2) is 0 Å². The van der Waals surface area contributed by atoms with Crippen molar-refractivity contribution in [2.45, 2.75) is 46.1 Å². The number of nitrogens with zero attached hydrogens (tertiary/aromatic N) is 2. The van der Waals surface area contributed by atoms with Crippen LogP contribution in [0.2, 0.25) is 0 Å². The van der Waals surface area contributed by atoms with Crippen LogP contribution in [0.15, 0.2) is 18.3 Å². The molecule has 0 spiro atoms. The van der Waals surface area contributed by atoms with Crippen LogP contribution in [0.5, 0.6) is 0 Å². The Balaban J connectivity index is 1.91. The molecule has 2 rings (SSSR count). The zero-order chi connectivity index (χ0) is 13.7. The minimum atomic E-state index is 0.588. The first-order valence-electron chi connectivity index (χ1n) is 7.35. The van der Waals surface area contributed by atoms with Gasteiger partial charge in [-0.1, -0.05) is 26.7 Å². The molecule has 0 amide bonds. The molecule has 19 heavy (non-hydrogen) atoms. The molecule has 0 atom stereocenters. The van der Waals surface area contributed by atoms with Crippen molar-refractivity contribution in [3.8, 4) is 0 Å². The number of anilines is 1. The summed E-state index contributed by atoms with van der Waals surface area (Å²) in [6.07, 6.45) is 7.06. The Morgan fingerprint density at radius 2 is 2.00 bits per heavy atom. The highest BCUT2D eigenvalue weighted by Crippen LogP contribution is 2.38. The summed E-state index contributed by atoms with van der Waals surface area (Å²) < 4.78 is 0. The zero-order valence-electron chi connectivity index (χ0n) is 12.2. The van der Waals surface area contributed by atoms with E-state index in [0.717, 1.165) is 17.9 Å². The Kier molecular flexibility index (Phi) is 4.77. The van der Waals surface area contributed by atoms with Gasteiger partial charge >= 0.3 is 0 Å². The van der Waals surface area contributed by atoms with Crippen LogP contribution >= 0.6 is 0 Å². The maximum atomic E-state index is 5.43. The third-order valence-corrected chi connectivity index (χ3v) is 4.79. The van der Waals surface area contributed by atoms with Crippen molar-refractivity contribution in [2.24, 2.45) is 11.3 Å². The largest absolute Gasteiger partial charge is 0.324 e. The van der Waals surface area contributed by atoms with Crippen LogP contribution in [0.1, 0.15) is 45.2 Å². The summed E-state index contributed by atoms with van der Waals surface area (Å²) in [7, 11) is 0. The van der Waals surface area contributed by atoms with Crippen LogP contribution in [0.4, 0.5) is 5.69 Å². The Bertz CT molecular complexity index is 391. The standard InChI is InChI=1S/C15H26N4/c1-3-15(4-2)6-9-19(10-7-15)12-14-11-13(18-16)5-8-17-14/h5,8,11H,3-4,6-7,9-10,12,16H2,1-2H3,(H,17,18). The predicted molar refractivity (Wildman–Crippen MR) is 79.6 cm³/mol. The van der Waals surface area contributed by atoms with E-state index >= 15 is 0 Å². The summed E-state index contributed by atoms with van der Waals surface area (Å²) in [5, 5.41) is 0. The van der Waals surface area contributed by atoms with E-state index in [4.69, 9.17) is 5.84 Å². The fraction of sp³-hybridized carbons (Fsp3) is 0.667. The molecular formula is C15H26N4. The van der Waals surface area contributed by atoms with E-state index in [2.05, 4.69) is 29.2 Å². The average Bonchev–Trinajstić information content (AvgIpc) is 2.48. The topological polar surface area (TPSA) is 54.2 Å². The number of pyridine rings is 1. The number of likely N-dealkylation sites (tertiary alicyclic amines) is 1. The van der Waals surface area contributed by atoms with Crippen LogP contribution in [-0.4, -0.2) is 23.0 Å². The van der Waals surface area contributed by atoms with Gasteiger partial charge in [0.25, 0.3) is 0 Å². The molecule has 1 fully saturated rings. The van der Waals surface area contributed by atoms with Crippen molar-refractivity contribution < 1.29 is 0 Å². The van der Waals surface area contributed by atoms with Crippen molar-refractivity contribution in [2.75, 3.05) is 18.5 Å². The molecule has 1 aromatic heterocycles. The second kappa shape index (κ2) is 6.35. The van der Waals surface area contributed by atoms with Crippen molar-refractivity contribution in [1.82, 2.24) is 9.88 Å². The quantitative estimate of drug-likeness (QED) is 0.633. The SMILES string of the molecule is CCC1(CC)CCN(Cc2cc(NN)ccn2)CC1. The van der Waals surface area contributed by atoms with E-state index in [1.165, 1.54) is 38.8 Å². The van der Waals surface area contributed by atoms with Crippen LogP contribution < -0.4 is 11.3 Å². The van der Waals surface area contributed by atoms with Gasteiger partial charge in [-0.3, -0.25) is 15.7 Å². The van der Waals surface area contributed by atoms with Gasteiger partial charge in [0.1, 0.15) is 0 Å². The Morgan fingerprint density at radius 3 is 2.58 bits per heavy atom. The van der Waals surface area contributed by atoms with Gasteiger partial charge in [-0.15, -0.1) is 0 Å². The first kappa shape index (κ1) is 14.3. The van der Waals surface area contributed by atoms with E-state index in [9.17, 15) is 0 Å². The number of hydrazine groups is 1. The smallest absolute Gasteiger partial charge is 0.0564 e. The molecule has 1 saturated heterocycles. The average molecular weight is 262 g/mol. The maximum absolute atomic E-state index is 5.43. The molecule has 1 aromatic rings. The van der Waals surface area contributed by atoms with Gasteiger partial charge in [-0.25, -0.2) is 0 Å². The molecular weight excluding hydrogens is 236 g/mol. The number of nitrogens with one attached hydrogen (secondary N) is 1. The fourth-order valence-corrected chi connectivity index (χ4v) is 3.03. The zero-order valence-corrected chi connectivity index (χ0v) is 12.2. The van der Waals surface area contributed by atoms with Crippen LogP contribution in [-0.2, 0) is 6.54 Å². The first-order valence-corrected chi connectivity index (χ1v) is 7.35. The van der Waals surface area contributed by atoms with Gasteiger partial charge in [-0.2, -0.15) is 0 Å². The molecule has 0 saturated carbocycles. The molecule has 1 aliphatic rings. The molecule has 0 aromatic carbocycles. The number of rotatable bonds is 5. The number of nitrogen functional groups attached to an aromatic ring is 1. The molecule has 0 unspecified atom stereocenters. The maximum Gasteiger partial charge on any atom is 0.0564 e. The Hall–Kier alpha value is -1.13. The molecule has 3 N–H and O–H groups in total. The molecule has 0 bridgehead atoms. The highest BCUT2D eigenvalue weighted by molar-refractivity contribution is 5.41. The van der Waals surface area contributed by atoms with Crippen LogP contribution in [0.25, 0.3) is 0 Å². The van der Waals surface area contributed by atoms with Crippen LogP contribution in [0.3, 0.4) is 0 Å². The number of nitrogens with two attached hydrogens (primary N) is 1. The molecule has 1 aliphatic heterocycles. The second-order valence-corrected chi connectivity index (χ2v) is 5.66. The van der Waals surface area contributed by atoms with Gasteiger partial charge in [-0.05, 0) is 43.5 Å². The fourth-order valence-electron chi connectivity index (χ4n) is 3.03. The normalized spacial score (nSPS) is 19.3. The van der Waals surface area contributed by atoms with Gasteiger partial charge in [0.05, 0.1) is 11.4 Å². The molecule has 0 radical (unpaired) electrons. The third-order valence-electron chi connectivity index (χ3n) is 4.79. The predicted octanol–water partition coefficient (Wildman–Crippen LogP) is 2.77. The lowest BCUT2D eigenvalue weighted by atomic mass is 9.74. The monoisotopic (exact) mass is 262 g/mol. The summed E-state index contributed by atoms with van der Waals surface area (Å²) in [6, 6.07) is 3.92. The molecule has 4 nitrogen and oxygen atoms in total. The molecule has 0 aliphatic carbocycles. The van der Waals surface area contributed by atoms with Gasteiger partial charge in [0, 0.05) is 12.7 Å². The van der Waals surface area contributed by atoms with Crippen molar-refractivity contribution in [1.29, 1.82) is 0 Å². The van der Waals surface area contributed by atoms with Crippen molar-refractivity contribution in [3.05, 3.63) is 24.0 Å². The number of aromatic nitrogens is 1. The summed E-state index contributed by atoms with van der Waals surface area (Å²) >= 11 is 0. The second-order valence-electron chi connectivity index (χ2n) is 5.66. The third kappa shape index (κ3) is 3.45. The highest BCUT2D eigenvalue weighted by Gasteiger charge is 2.31. The van der Waals surface area contributed by atoms with Crippen molar-refractivity contribution in [3.63, 3.8) is 0 Å². The summed E-state index contributed by atoms with van der Waals surface area (Å²) in [4.78, 5) is 6.93. The van der Waals surface area contributed by atoms with E-state index < -0.39 is 0 Å². The minimum absolute atomic E-state index is 0.588. The number of hydrogen-bond donors (Lipinski definition) is 2. The first-order chi connectivity index (χ1) is 9.21. The molecule has 2 heterocycles. The Morgan fingerprint density at radius 1 is 1.32 bits per heavy atom. The Labute approximate surface area is 116 Å². The summed E-state index contributed by atoms with van der Waals surface area (Å²) in [5.74, 6) is 5.43. The lowest BCUT2D eigenvalue weighted by molar-refractivity contribution is 0.0901. The minimum Gasteiger partial charge on any atom is -0.324 e. The van der Waals surface area contributed by atoms with E-state index in [-0.39, 0.29) is 0 Å². The van der Waals surface area contributed by atoms with E-state index in [0.29, 0.717) is 5.41 Å². The molecule has 4 heteroatoms. The van der Waals surface area contributed by atoms with E-state index in [1.807, 2.05) is 18.3 Å². The van der Waals surface area contributed by atoms with Gasteiger partial charge < -0.3 is 5.43 Å². The lowest BCUT2D eigenvalue weighted by Gasteiger charge is -2.40. The lowest BCUT2D eigenvalue weighted by Crippen LogP contribution is -2.39. The number of piperidine rings is 1.